The number of hydrogen-bond acceptors (Lipinski definition) is 2. The molecule has 0 unspecified atom stereocenters. The Kier molecular flexibility index (Phi) is 4.72. The lowest BCUT2D eigenvalue weighted by Crippen LogP contribution is -2.22. The summed E-state index contributed by atoms with van der Waals surface area (Å²) in [5.74, 6) is 0.571. The normalized spacial score (nSPS) is 21.4. The number of nitrogens with zero attached hydrogens (tertiary/aromatic N) is 1. The number of rotatable bonds is 3. The van der Waals surface area contributed by atoms with Gasteiger partial charge < -0.3 is 0 Å². The smallest absolute Gasteiger partial charge is 0.267 e. The fourth-order valence-electron chi connectivity index (χ4n) is 2.45. The van der Waals surface area contributed by atoms with E-state index < -0.39 is 0 Å². The summed E-state index contributed by atoms with van der Waals surface area (Å²) < 4.78 is 0. The standard InChI is InChI=1S/C16H22N2O/c1-3-13-7-9-14(10-8-13)16(19)18-17-15-6-4-5-12(2)11-15/h7-10,12H,3-6,11H2,1-2H3,(H,18,19)/b17-15-/t12-/m0/s1. The Balaban J connectivity index is 1.94. The molecule has 1 N–H and O–H groups in total. The zero-order chi connectivity index (χ0) is 13.7. The fraction of sp³-hybridized carbons (Fsp3) is 0.500. The molecule has 1 saturated carbocycles. The summed E-state index contributed by atoms with van der Waals surface area (Å²) >= 11 is 0. The maximum absolute atomic E-state index is 12.0. The topological polar surface area (TPSA) is 41.5 Å². The number of amides is 1. The molecule has 1 aromatic carbocycles. The predicted molar refractivity (Wildman–Crippen MR) is 78.4 cm³/mol. The molecule has 1 aromatic rings. The van der Waals surface area contributed by atoms with E-state index in [9.17, 15) is 4.79 Å². The number of carbonyl (C=O) groups is 1. The van der Waals surface area contributed by atoms with Gasteiger partial charge in [0.1, 0.15) is 0 Å². The van der Waals surface area contributed by atoms with Crippen LogP contribution in [0.4, 0.5) is 0 Å². The lowest BCUT2D eigenvalue weighted by molar-refractivity contribution is 0.0954. The molecule has 2 rings (SSSR count). The zero-order valence-corrected chi connectivity index (χ0v) is 11.8. The van der Waals surface area contributed by atoms with E-state index in [1.165, 1.54) is 18.4 Å². The van der Waals surface area contributed by atoms with E-state index in [-0.39, 0.29) is 5.91 Å². The van der Waals surface area contributed by atoms with Crippen molar-refractivity contribution in [1.29, 1.82) is 0 Å². The molecule has 0 aliphatic heterocycles. The van der Waals surface area contributed by atoms with Gasteiger partial charge in [-0.15, -0.1) is 0 Å². The van der Waals surface area contributed by atoms with Crippen LogP contribution in [0.2, 0.25) is 0 Å². The Morgan fingerprint density at radius 1 is 1.37 bits per heavy atom. The Bertz CT molecular complexity index is 462. The van der Waals surface area contributed by atoms with Crippen molar-refractivity contribution in [2.24, 2.45) is 11.0 Å². The molecule has 0 saturated heterocycles. The maximum atomic E-state index is 12.0. The molecular formula is C16H22N2O. The van der Waals surface area contributed by atoms with Crippen LogP contribution in [0.25, 0.3) is 0 Å². The molecule has 102 valence electrons. The van der Waals surface area contributed by atoms with E-state index in [1.54, 1.807) is 0 Å². The molecule has 3 heteroatoms. The summed E-state index contributed by atoms with van der Waals surface area (Å²) in [4.78, 5) is 12.0. The van der Waals surface area contributed by atoms with Crippen molar-refractivity contribution in [2.75, 3.05) is 0 Å². The quantitative estimate of drug-likeness (QED) is 0.828. The van der Waals surface area contributed by atoms with Crippen molar-refractivity contribution >= 4 is 11.6 Å². The lowest BCUT2D eigenvalue weighted by Gasteiger charge is -2.18. The van der Waals surface area contributed by atoms with Crippen LogP contribution in [0.15, 0.2) is 29.4 Å². The van der Waals surface area contributed by atoms with Crippen molar-refractivity contribution < 1.29 is 4.79 Å². The molecule has 0 spiro atoms. The van der Waals surface area contributed by atoms with Crippen LogP contribution in [0.3, 0.4) is 0 Å². The van der Waals surface area contributed by atoms with Crippen LogP contribution >= 0.6 is 0 Å². The number of benzene rings is 1. The molecule has 1 amide bonds. The highest BCUT2D eigenvalue weighted by Crippen LogP contribution is 2.20. The minimum Gasteiger partial charge on any atom is -0.267 e. The van der Waals surface area contributed by atoms with E-state index >= 15 is 0 Å². The van der Waals surface area contributed by atoms with Crippen LogP contribution < -0.4 is 5.43 Å². The van der Waals surface area contributed by atoms with Gasteiger partial charge in [0.2, 0.25) is 0 Å². The highest BCUT2D eigenvalue weighted by Gasteiger charge is 2.14. The SMILES string of the molecule is CCc1ccc(C(=O)N/N=C2/CCC[C@H](C)C2)cc1. The third-order valence-corrected chi connectivity index (χ3v) is 3.69. The van der Waals surface area contributed by atoms with E-state index in [1.807, 2.05) is 24.3 Å². The first-order valence-electron chi connectivity index (χ1n) is 7.13. The molecule has 1 aliphatic carbocycles. The molecule has 1 aliphatic rings. The number of hydrazone groups is 1. The van der Waals surface area contributed by atoms with E-state index in [0.29, 0.717) is 11.5 Å². The third kappa shape index (κ3) is 3.91. The van der Waals surface area contributed by atoms with Gasteiger partial charge in [0.15, 0.2) is 0 Å². The van der Waals surface area contributed by atoms with Crippen LogP contribution in [-0.2, 0) is 6.42 Å². The first kappa shape index (κ1) is 13.8. The van der Waals surface area contributed by atoms with Gasteiger partial charge in [-0.25, -0.2) is 5.43 Å². The Morgan fingerprint density at radius 3 is 2.74 bits per heavy atom. The minimum absolute atomic E-state index is 0.117. The molecule has 1 fully saturated rings. The van der Waals surface area contributed by atoms with Crippen molar-refractivity contribution in [1.82, 2.24) is 5.43 Å². The molecule has 3 nitrogen and oxygen atoms in total. The Hall–Kier alpha value is -1.64. The fourth-order valence-corrected chi connectivity index (χ4v) is 2.45. The van der Waals surface area contributed by atoms with Crippen molar-refractivity contribution in [3.8, 4) is 0 Å². The number of hydrogen-bond donors (Lipinski definition) is 1. The zero-order valence-electron chi connectivity index (χ0n) is 11.8. The van der Waals surface area contributed by atoms with Gasteiger partial charge >= 0.3 is 0 Å². The Morgan fingerprint density at radius 2 is 2.11 bits per heavy atom. The summed E-state index contributed by atoms with van der Waals surface area (Å²) in [6.07, 6.45) is 5.46. The van der Waals surface area contributed by atoms with Crippen LogP contribution in [0, 0.1) is 5.92 Å². The summed E-state index contributed by atoms with van der Waals surface area (Å²) in [5.41, 5.74) is 5.71. The van der Waals surface area contributed by atoms with Gasteiger partial charge in [-0.2, -0.15) is 5.10 Å². The first-order chi connectivity index (χ1) is 9.19. The lowest BCUT2D eigenvalue weighted by atomic mass is 9.89. The van der Waals surface area contributed by atoms with Crippen LogP contribution in [0.1, 0.15) is 55.5 Å². The van der Waals surface area contributed by atoms with Gasteiger partial charge in [0.25, 0.3) is 5.91 Å². The second kappa shape index (κ2) is 6.50. The summed E-state index contributed by atoms with van der Waals surface area (Å²) in [7, 11) is 0. The number of carbonyl (C=O) groups excluding carboxylic acids is 1. The number of aryl methyl sites for hydroxylation is 1. The first-order valence-corrected chi connectivity index (χ1v) is 7.13. The molecule has 0 aromatic heterocycles. The minimum atomic E-state index is -0.117. The average Bonchev–Trinajstić information content (AvgIpc) is 2.45. The van der Waals surface area contributed by atoms with E-state index in [4.69, 9.17) is 0 Å². The molecule has 0 radical (unpaired) electrons. The summed E-state index contributed by atoms with van der Waals surface area (Å²) in [5, 5.41) is 4.27. The van der Waals surface area contributed by atoms with Gasteiger partial charge in [-0.3, -0.25) is 4.79 Å². The van der Waals surface area contributed by atoms with Crippen LogP contribution in [-0.4, -0.2) is 11.6 Å². The number of nitrogens with one attached hydrogen (secondary N) is 1. The third-order valence-electron chi connectivity index (χ3n) is 3.69. The molecule has 1 atom stereocenters. The second-order valence-electron chi connectivity index (χ2n) is 5.37. The molecule has 19 heavy (non-hydrogen) atoms. The van der Waals surface area contributed by atoms with Gasteiger partial charge in [0.05, 0.1) is 0 Å². The predicted octanol–water partition coefficient (Wildman–Crippen LogP) is 3.54. The van der Waals surface area contributed by atoms with Crippen molar-refractivity contribution in [3.05, 3.63) is 35.4 Å². The molecular weight excluding hydrogens is 236 g/mol. The second-order valence-corrected chi connectivity index (χ2v) is 5.37. The summed E-state index contributed by atoms with van der Waals surface area (Å²) in [6.45, 7) is 4.34. The monoisotopic (exact) mass is 258 g/mol. The van der Waals surface area contributed by atoms with Gasteiger partial charge in [0, 0.05) is 11.3 Å². The molecule has 0 bridgehead atoms. The van der Waals surface area contributed by atoms with E-state index in [2.05, 4.69) is 24.4 Å². The van der Waals surface area contributed by atoms with E-state index in [0.717, 1.165) is 25.0 Å². The van der Waals surface area contributed by atoms with Crippen molar-refractivity contribution in [3.63, 3.8) is 0 Å². The highest BCUT2D eigenvalue weighted by atomic mass is 16.2. The molecule has 0 heterocycles. The van der Waals surface area contributed by atoms with Crippen LogP contribution in [0.5, 0.6) is 0 Å². The maximum Gasteiger partial charge on any atom is 0.271 e. The highest BCUT2D eigenvalue weighted by molar-refractivity contribution is 5.95. The Labute approximate surface area is 115 Å². The van der Waals surface area contributed by atoms with Gasteiger partial charge in [-0.1, -0.05) is 26.0 Å². The van der Waals surface area contributed by atoms with Crippen molar-refractivity contribution in [2.45, 2.75) is 46.0 Å². The average molecular weight is 258 g/mol. The summed E-state index contributed by atoms with van der Waals surface area (Å²) in [6, 6.07) is 7.70. The largest absolute Gasteiger partial charge is 0.271 e. The van der Waals surface area contributed by atoms with Gasteiger partial charge in [-0.05, 0) is 55.7 Å².